The van der Waals surface area contributed by atoms with Crippen LogP contribution in [-0.4, -0.2) is 28.1 Å². The van der Waals surface area contributed by atoms with Crippen LogP contribution < -0.4 is 0 Å². The van der Waals surface area contributed by atoms with Gasteiger partial charge in [-0.2, -0.15) is 0 Å². The number of carbonyl (C=O) groups excluding carboxylic acids is 1. The van der Waals surface area contributed by atoms with Crippen molar-refractivity contribution >= 4 is 11.8 Å². The van der Waals surface area contributed by atoms with Crippen LogP contribution in [0.5, 0.6) is 0 Å². The molecule has 1 aliphatic rings. The molecule has 0 spiro atoms. The Kier molecular flexibility index (Phi) is 13.6. The number of rotatable bonds is 17. The molecule has 1 aliphatic carbocycles. The lowest BCUT2D eigenvalue weighted by Gasteiger charge is -2.15. The summed E-state index contributed by atoms with van der Waals surface area (Å²) < 4.78 is 0. The molecule has 0 fully saturated rings. The molecular weight excluding hydrogens is 352 g/mol. The van der Waals surface area contributed by atoms with Gasteiger partial charge in [0, 0.05) is 18.8 Å². The molecule has 4 heteroatoms. The van der Waals surface area contributed by atoms with Gasteiger partial charge in [0.05, 0.1) is 6.10 Å². The van der Waals surface area contributed by atoms with Crippen molar-refractivity contribution in [2.24, 2.45) is 5.92 Å². The summed E-state index contributed by atoms with van der Waals surface area (Å²) in [6, 6.07) is 0. The van der Waals surface area contributed by atoms with Gasteiger partial charge in [-0.1, -0.05) is 75.7 Å². The van der Waals surface area contributed by atoms with Gasteiger partial charge in [0.2, 0.25) is 0 Å². The summed E-state index contributed by atoms with van der Waals surface area (Å²) in [6.07, 6.45) is 19.8. The third kappa shape index (κ3) is 11.4. The van der Waals surface area contributed by atoms with Crippen LogP contribution in [0.15, 0.2) is 23.8 Å². The van der Waals surface area contributed by atoms with Crippen molar-refractivity contribution in [3.63, 3.8) is 0 Å². The first-order valence-corrected chi connectivity index (χ1v) is 11.3. The number of hydrogen-bond donors (Lipinski definition) is 2. The first kappa shape index (κ1) is 24.6. The Morgan fingerprint density at radius 3 is 2.54 bits per heavy atom. The number of unbranched alkanes of at least 4 members (excludes halogenated alkanes) is 7. The normalized spacial score (nSPS) is 18.0. The van der Waals surface area contributed by atoms with E-state index in [1.807, 2.05) is 18.2 Å². The Labute approximate surface area is 171 Å². The van der Waals surface area contributed by atoms with Crippen molar-refractivity contribution in [3.05, 3.63) is 23.8 Å². The van der Waals surface area contributed by atoms with Crippen LogP contribution in [0.4, 0.5) is 0 Å². The summed E-state index contributed by atoms with van der Waals surface area (Å²) in [4.78, 5) is 22.6. The van der Waals surface area contributed by atoms with Crippen LogP contribution in [0.25, 0.3) is 0 Å². The van der Waals surface area contributed by atoms with Crippen LogP contribution in [0.2, 0.25) is 0 Å². The maximum absolute atomic E-state index is 12.1. The third-order valence-electron chi connectivity index (χ3n) is 5.61. The number of Topliss-reactive ketones (excluding diaryl/α,β-unsaturated/α-hetero) is 1. The number of aliphatic carboxylic acids is 1. The number of carbonyl (C=O) groups is 2. The second-order valence-corrected chi connectivity index (χ2v) is 8.10. The van der Waals surface area contributed by atoms with Crippen LogP contribution in [0, 0.1) is 5.92 Å². The molecule has 4 nitrogen and oxygen atoms in total. The van der Waals surface area contributed by atoms with E-state index in [0.717, 1.165) is 32.1 Å². The minimum atomic E-state index is -0.764. The molecule has 0 bridgehead atoms. The van der Waals surface area contributed by atoms with Crippen molar-refractivity contribution in [1.29, 1.82) is 0 Å². The molecule has 0 aromatic heterocycles. The predicted molar refractivity (Wildman–Crippen MR) is 114 cm³/mol. The second-order valence-electron chi connectivity index (χ2n) is 8.10. The molecule has 0 aliphatic heterocycles. The van der Waals surface area contributed by atoms with E-state index < -0.39 is 5.97 Å². The summed E-state index contributed by atoms with van der Waals surface area (Å²) in [6.45, 7) is 2.23. The zero-order chi connectivity index (χ0) is 20.6. The summed E-state index contributed by atoms with van der Waals surface area (Å²) in [7, 11) is 0. The highest BCUT2D eigenvalue weighted by atomic mass is 16.4. The van der Waals surface area contributed by atoms with E-state index >= 15 is 0 Å². The van der Waals surface area contributed by atoms with Crippen molar-refractivity contribution in [2.45, 2.75) is 109 Å². The second kappa shape index (κ2) is 15.5. The van der Waals surface area contributed by atoms with Crippen LogP contribution in [0.1, 0.15) is 103 Å². The van der Waals surface area contributed by atoms with E-state index in [9.17, 15) is 14.7 Å². The van der Waals surface area contributed by atoms with Crippen molar-refractivity contribution in [2.75, 3.05) is 0 Å². The smallest absolute Gasteiger partial charge is 0.303 e. The average molecular weight is 393 g/mol. The van der Waals surface area contributed by atoms with E-state index in [-0.39, 0.29) is 24.2 Å². The van der Waals surface area contributed by atoms with E-state index in [1.165, 1.54) is 44.1 Å². The van der Waals surface area contributed by atoms with Gasteiger partial charge < -0.3 is 10.2 Å². The largest absolute Gasteiger partial charge is 0.481 e. The molecule has 0 aromatic carbocycles. The van der Waals surface area contributed by atoms with Gasteiger partial charge in [-0.3, -0.25) is 9.59 Å². The lowest BCUT2D eigenvalue weighted by Crippen LogP contribution is -2.12. The highest BCUT2D eigenvalue weighted by molar-refractivity contribution is 5.88. The first-order chi connectivity index (χ1) is 13.5. The van der Waals surface area contributed by atoms with Crippen LogP contribution >= 0.6 is 0 Å². The van der Waals surface area contributed by atoms with Crippen LogP contribution in [-0.2, 0) is 9.59 Å². The number of aliphatic hydroxyl groups excluding tert-OH is 1. The van der Waals surface area contributed by atoms with Gasteiger partial charge in [-0.25, -0.2) is 0 Å². The lowest BCUT2D eigenvalue weighted by molar-refractivity contribution is -0.137. The minimum absolute atomic E-state index is 0.0403. The van der Waals surface area contributed by atoms with Gasteiger partial charge in [0.25, 0.3) is 0 Å². The zero-order valence-corrected chi connectivity index (χ0v) is 17.7. The zero-order valence-electron chi connectivity index (χ0n) is 17.7. The molecular formula is C24H40O4. The molecule has 1 unspecified atom stereocenters. The Balaban J connectivity index is 2.18. The number of carboxylic acid groups (broad SMARTS) is 1. The van der Waals surface area contributed by atoms with Crippen molar-refractivity contribution in [1.82, 2.24) is 0 Å². The number of hydrogen-bond acceptors (Lipinski definition) is 3. The SMILES string of the molecule is CCCCCCCCCC(O)CCC1=CCC(=O)[C@@H]1C/C=C\CCCC(=O)O. The molecule has 0 radical (unpaired) electrons. The molecule has 0 saturated carbocycles. The Morgan fingerprint density at radius 2 is 1.82 bits per heavy atom. The molecule has 2 atom stereocenters. The number of aliphatic hydroxyl groups is 1. The molecule has 0 aromatic rings. The Bertz CT molecular complexity index is 507. The summed E-state index contributed by atoms with van der Waals surface area (Å²) in [5, 5.41) is 18.9. The van der Waals surface area contributed by atoms with Gasteiger partial charge in [0.1, 0.15) is 5.78 Å². The van der Waals surface area contributed by atoms with Gasteiger partial charge in [0.15, 0.2) is 0 Å². The maximum Gasteiger partial charge on any atom is 0.303 e. The lowest BCUT2D eigenvalue weighted by atomic mass is 9.91. The number of allylic oxidation sites excluding steroid dienone is 4. The molecule has 160 valence electrons. The molecule has 0 saturated heterocycles. The first-order valence-electron chi connectivity index (χ1n) is 11.3. The van der Waals surface area contributed by atoms with E-state index in [0.29, 0.717) is 19.3 Å². The molecule has 1 rings (SSSR count). The fourth-order valence-electron chi connectivity index (χ4n) is 3.82. The number of ketones is 1. The fraction of sp³-hybridized carbons (Fsp3) is 0.750. The average Bonchev–Trinajstić information content (AvgIpc) is 3.01. The highest BCUT2D eigenvalue weighted by Gasteiger charge is 2.26. The molecule has 0 amide bonds. The van der Waals surface area contributed by atoms with Crippen molar-refractivity contribution in [3.8, 4) is 0 Å². The predicted octanol–water partition coefficient (Wildman–Crippen LogP) is 5.98. The molecule has 28 heavy (non-hydrogen) atoms. The maximum atomic E-state index is 12.1. The summed E-state index contributed by atoms with van der Waals surface area (Å²) in [5.41, 5.74) is 1.18. The van der Waals surface area contributed by atoms with E-state index in [4.69, 9.17) is 5.11 Å². The fourth-order valence-corrected chi connectivity index (χ4v) is 3.82. The van der Waals surface area contributed by atoms with Crippen LogP contribution in [0.3, 0.4) is 0 Å². The monoisotopic (exact) mass is 392 g/mol. The highest BCUT2D eigenvalue weighted by Crippen LogP contribution is 2.30. The van der Waals surface area contributed by atoms with Gasteiger partial charge in [-0.15, -0.1) is 0 Å². The Morgan fingerprint density at radius 1 is 1.11 bits per heavy atom. The van der Waals surface area contributed by atoms with Gasteiger partial charge in [-0.05, 0) is 38.5 Å². The minimum Gasteiger partial charge on any atom is -0.481 e. The summed E-state index contributed by atoms with van der Waals surface area (Å²) in [5.74, 6) is -0.534. The quantitative estimate of drug-likeness (QED) is 0.236. The number of carboxylic acids is 1. The Hall–Kier alpha value is -1.42. The topological polar surface area (TPSA) is 74.6 Å². The third-order valence-corrected chi connectivity index (χ3v) is 5.61. The van der Waals surface area contributed by atoms with E-state index in [1.54, 1.807) is 0 Å². The van der Waals surface area contributed by atoms with Crippen molar-refractivity contribution < 1.29 is 19.8 Å². The standard InChI is InChI=1S/C24H40O4/c1-2-3-4-5-6-7-10-13-21(25)18-16-20-17-19-23(26)22(20)14-11-8-9-12-15-24(27)28/h8,11,17,21-22,25H,2-7,9-10,12-16,18-19H2,1H3,(H,27,28)/b11-8-/t21?,22-/m1/s1. The van der Waals surface area contributed by atoms with Gasteiger partial charge >= 0.3 is 5.97 Å². The molecule has 2 N–H and O–H groups in total. The summed E-state index contributed by atoms with van der Waals surface area (Å²) >= 11 is 0. The molecule has 0 heterocycles. The van der Waals surface area contributed by atoms with E-state index in [2.05, 4.69) is 6.92 Å².